The maximum absolute atomic E-state index is 12.4. The van der Waals surface area contributed by atoms with Gasteiger partial charge in [0.25, 0.3) is 5.91 Å². The van der Waals surface area contributed by atoms with Crippen molar-refractivity contribution in [2.75, 3.05) is 32.0 Å². The van der Waals surface area contributed by atoms with Crippen molar-refractivity contribution in [3.8, 4) is 0 Å². The van der Waals surface area contributed by atoms with Crippen LogP contribution in [0.5, 0.6) is 0 Å². The molecule has 7 heteroatoms. The zero-order chi connectivity index (χ0) is 14.7. The van der Waals surface area contributed by atoms with E-state index < -0.39 is 0 Å². The van der Waals surface area contributed by atoms with Crippen LogP contribution in [0.25, 0.3) is 10.2 Å². The molecule has 0 spiro atoms. The number of aromatic nitrogens is 1. The van der Waals surface area contributed by atoms with Crippen molar-refractivity contribution >= 4 is 33.1 Å². The van der Waals surface area contributed by atoms with E-state index >= 15 is 0 Å². The van der Waals surface area contributed by atoms with E-state index in [9.17, 15) is 4.79 Å². The summed E-state index contributed by atoms with van der Waals surface area (Å²) in [4.78, 5) is 19.2. The molecule has 0 atom stereocenters. The summed E-state index contributed by atoms with van der Waals surface area (Å²) in [5.74, 6) is -0.284. The number of amides is 1. The van der Waals surface area contributed by atoms with E-state index in [0.29, 0.717) is 10.6 Å². The van der Waals surface area contributed by atoms with E-state index in [0.717, 1.165) is 15.8 Å². The average Bonchev–Trinajstić information content (AvgIpc) is 2.76. The highest BCUT2D eigenvalue weighted by Gasteiger charge is 2.22. The van der Waals surface area contributed by atoms with Crippen molar-refractivity contribution in [2.45, 2.75) is 6.92 Å². The topological polar surface area (TPSA) is 99.7 Å². The van der Waals surface area contributed by atoms with Gasteiger partial charge in [0.15, 0.2) is 0 Å². The average molecular weight is 295 g/mol. The lowest BCUT2D eigenvalue weighted by Gasteiger charge is -2.20. The molecule has 1 amide bonds. The van der Waals surface area contributed by atoms with Gasteiger partial charge >= 0.3 is 0 Å². The van der Waals surface area contributed by atoms with Gasteiger partial charge in [-0.25, -0.2) is 4.98 Å². The number of hydrogen-bond donors (Lipinski definition) is 3. The number of thiophene rings is 1. The smallest absolute Gasteiger partial charge is 0.266 e. The fraction of sp³-hybridized carbons (Fsp3) is 0.385. The summed E-state index contributed by atoms with van der Waals surface area (Å²) in [6, 6.07) is 1.85. The van der Waals surface area contributed by atoms with Crippen LogP contribution in [0.15, 0.2) is 12.3 Å². The molecule has 6 nitrogen and oxygen atoms in total. The number of nitrogens with two attached hydrogens (primary N) is 1. The number of anilines is 1. The Hall–Kier alpha value is -1.70. The molecule has 20 heavy (non-hydrogen) atoms. The minimum Gasteiger partial charge on any atom is -0.397 e. The van der Waals surface area contributed by atoms with E-state index in [1.54, 1.807) is 6.20 Å². The lowest BCUT2D eigenvalue weighted by molar-refractivity contribution is 0.0690. The van der Waals surface area contributed by atoms with Crippen molar-refractivity contribution in [3.05, 3.63) is 22.7 Å². The van der Waals surface area contributed by atoms with Gasteiger partial charge in [0.05, 0.1) is 18.9 Å². The largest absolute Gasteiger partial charge is 0.397 e. The van der Waals surface area contributed by atoms with Gasteiger partial charge in [-0.1, -0.05) is 0 Å². The highest BCUT2D eigenvalue weighted by atomic mass is 32.1. The van der Waals surface area contributed by atoms with E-state index in [2.05, 4.69) is 4.98 Å². The summed E-state index contributed by atoms with van der Waals surface area (Å²) in [5, 5.41) is 18.8. The molecule has 0 bridgehead atoms. The van der Waals surface area contributed by atoms with E-state index in [1.807, 2.05) is 13.0 Å². The Morgan fingerprint density at radius 2 is 2.05 bits per heavy atom. The second-order valence-electron chi connectivity index (χ2n) is 4.39. The Morgan fingerprint density at radius 1 is 1.40 bits per heavy atom. The van der Waals surface area contributed by atoms with Crippen LogP contribution >= 0.6 is 11.3 Å². The molecule has 0 fully saturated rings. The van der Waals surface area contributed by atoms with Gasteiger partial charge in [0, 0.05) is 24.7 Å². The van der Waals surface area contributed by atoms with Gasteiger partial charge < -0.3 is 20.8 Å². The number of aliphatic hydroxyl groups is 2. The molecule has 4 N–H and O–H groups in total. The van der Waals surface area contributed by atoms with Crippen LogP contribution in [0.3, 0.4) is 0 Å². The fourth-order valence-corrected chi connectivity index (χ4v) is 3.17. The van der Waals surface area contributed by atoms with Crippen LogP contribution in [-0.4, -0.2) is 52.3 Å². The van der Waals surface area contributed by atoms with E-state index in [-0.39, 0.29) is 32.2 Å². The molecule has 0 aliphatic rings. The maximum Gasteiger partial charge on any atom is 0.266 e. The summed E-state index contributed by atoms with van der Waals surface area (Å²) in [6.07, 6.45) is 1.68. The SMILES string of the molecule is Cc1ccnc2sc(C(=O)N(CCO)CCO)c(N)c12. The van der Waals surface area contributed by atoms with Crippen LogP contribution in [0.1, 0.15) is 15.2 Å². The predicted octanol–water partition coefficient (Wildman–Crippen LogP) is 0.614. The number of carbonyl (C=O) groups is 1. The quantitative estimate of drug-likeness (QED) is 0.750. The third-order valence-corrected chi connectivity index (χ3v) is 4.16. The number of hydrogen-bond acceptors (Lipinski definition) is 6. The zero-order valence-corrected chi connectivity index (χ0v) is 12.0. The number of rotatable bonds is 5. The van der Waals surface area contributed by atoms with Crippen LogP contribution in [-0.2, 0) is 0 Å². The van der Waals surface area contributed by atoms with Gasteiger partial charge in [-0.2, -0.15) is 0 Å². The van der Waals surface area contributed by atoms with Crippen molar-refractivity contribution in [1.82, 2.24) is 9.88 Å². The molecule has 0 saturated heterocycles. The molecule has 0 saturated carbocycles. The summed E-state index contributed by atoms with van der Waals surface area (Å²) < 4.78 is 0. The summed E-state index contributed by atoms with van der Waals surface area (Å²) >= 11 is 1.24. The van der Waals surface area contributed by atoms with Crippen LogP contribution in [0.4, 0.5) is 5.69 Å². The van der Waals surface area contributed by atoms with Crippen LogP contribution in [0, 0.1) is 6.92 Å². The molecule has 2 aromatic rings. The second-order valence-corrected chi connectivity index (χ2v) is 5.39. The maximum atomic E-state index is 12.4. The first-order valence-electron chi connectivity index (χ1n) is 6.24. The molecule has 0 aliphatic heterocycles. The minimum atomic E-state index is -0.284. The van der Waals surface area contributed by atoms with Gasteiger partial charge in [0.2, 0.25) is 0 Å². The monoisotopic (exact) mass is 295 g/mol. The summed E-state index contributed by atoms with van der Waals surface area (Å²) in [7, 11) is 0. The van der Waals surface area contributed by atoms with Crippen molar-refractivity contribution in [2.24, 2.45) is 0 Å². The molecule has 0 radical (unpaired) electrons. The normalized spacial score (nSPS) is 10.9. The lowest BCUT2D eigenvalue weighted by atomic mass is 10.1. The number of pyridine rings is 1. The van der Waals surface area contributed by atoms with E-state index in [1.165, 1.54) is 16.2 Å². The van der Waals surface area contributed by atoms with Crippen molar-refractivity contribution in [1.29, 1.82) is 0 Å². The molecule has 0 unspecified atom stereocenters. The Labute approximate surface area is 120 Å². The van der Waals surface area contributed by atoms with Crippen molar-refractivity contribution in [3.63, 3.8) is 0 Å². The third-order valence-electron chi connectivity index (χ3n) is 3.06. The Kier molecular flexibility index (Phi) is 4.53. The molecule has 2 aromatic heterocycles. The number of fused-ring (bicyclic) bond motifs is 1. The number of carbonyl (C=O) groups excluding carboxylic acids is 1. The Morgan fingerprint density at radius 3 is 2.60 bits per heavy atom. The number of aliphatic hydroxyl groups excluding tert-OH is 2. The van der Waals surface area contributed by atoms with Crippen LogP contribution in [0.2, 0.25) is 0 Å². The third kappa shape index (κ3) is 2.60. The second kappa shape index (κ2) is 6.17. The molecule has 0 aromatic carbocycles. The predicted molar refractivity (Wildman–Crippen MR) is 78.8 cm³/mol. The first kappa shape index (κ1) is 14.7. The molecule has 2 rings (SSSR count). The van der Waals surface area contributed by atoms with Gasteiger partial charge in [-0.05, 0) is 18.6 Å². The first-order valence-corrected chi connectivity index (χ1v) is 7.06. The molecule has 108 valence electrons. The highest BCUT2D eigenvalue weighted by Crippen LogP contribution is 2.34. The highest BCUT2D eigenvalue weighted by molar-refractivity contribution is 7.21. The number of aryl methyl sites for hydroxylation is 1. The van der Waals surface area contributed by atoms with Crippen molar-refractivity contribution < 1.29 is 15.0 Å². The van der Waals surface area contributed by atoms with Gasteiger partial charge in [-0.15, -0.1) is 11.3 Å². The van der Waals surface area contributed by atoms with Gasteiger partial charge in [-0.3, -0.25) is 4.79 Å². The van der Waals surface area contributed by atoms with Crippen LogP contribution < -0.4 is 5.73 Å². The molecular weight excluding hydrogens is 278 g/mol. The number of nitrogens with zero attached hydrogens (tertiary/aromatic N) is 2. The molecule has 0 aliphatic carbocycles. The first-order chi connectivity index (χ1) is 9.60. The molecular formula is C13H17N3O3S. The Bertz CT molecular complexity index is 621. The van der Waals surface area contributed by atoms with Gasteiger partial charge in [0.1, 0.15) is 9.71 Å². The zero-order valence-electron chi connectivity index (χ0n) is 11.2. The lowest BCUT2D eigenvalue weighted by Crippen LogP contribution is -2.35. The summed E-state index contributed by atoms with van der Waals surface area (Å²) in [5.41, 5.74) is 7.46. The van der Waals surface area contributed by atoms with E-state index in [4.69, 9.17) is 15.9 Å². The molecule has 2 heterocycles. The standard InChI is InChI=1S/C13H17N3O3S/c1-8-2-3-15-12-9(8)10(14)11(20-12)13(19)16(4-6-17)5-7-18/h2-3,17-18H,4-7,14H2,1H3. The Balaban J connectivity index is 2.44. The fourth-order valence-electron chi connectivity index (χ4n) is 2.06. The number of nitrogen functional groups attached to an aromatic ring is 1. The summed E-state index contributed by atoms with van der Waals surface area (Å²) in [6.45, 7) is 1.93. The minimum absolute atomic E-state index is 0.159.